The van der Waals surface area contributed by atoms with E-state index in [1.54, 1.807) is 0 Å². The molecule has 2 N–H and O–H groups in total. The van der Waals surface area contributed by atoms with Crippen molar-refractivity contribution in [3.63, 3.8) is 0 Å². The van der Waals surface area contributed by atoms with Crippen LogP contribution < -0.4 is 10.6 Å². The summed E-state index contributed by atoms with van der Waals surface area (Å²) < 4.78 is 0. The summed E-state index contributed by atoms with van der Waals surface area (Å²) in [4.78, 5) is 12.4. The van der Waals surface area contributed by atoms with Crippen LogP contribution in [0.15, 0.2) is 18.2 Å². The predicted octanol–water partition coefficient (Wildman–Crippen LogP) is 3.35. The summed E-state index contributed by atoms with van der Waals surface area (Å²) in [5.41, 5.74) is 2.80. The Labute approximate surface area is 115 Å². The molecule has 1 aliphatic rings. The second-order valence-corrected chi connectivity index (χ2v) is 5.64. The third kappa shape index (κ3) is 3.28. The van der Waals surface area contributed by atoms with Gasteiger partial charge in [0, 0.05) is 18.8 Å². The molecule has 0 aromatic heterocycles. The predicted molar refractivity (Wildman–Crippen MR) is 79.6 cm³/mol. The van der Waals surface area contributed by atoms with Gasteiger partial charge in [-0.05, 0) is 43.4 Å². The molecule has 1 fully saturated rings. The van der Waals surface area contributed by atoms with E-state index in [2.05, 4.69) is 17.6 Å². The van der Waals surface area contributed by atoms with Crippen LogP contribution in [-0.4, -0.2) is 19.0 Å². The van der Waals surface area contributed by atoms with Gasteiger partial charge in [0.25, 0.3) is 5.91 Å². The van der Waals surface area contributed by atoms with Gasteiger partial charge in [-0.15, -0.1) is 0 Å². The Morgan fingerprint density at radius 3 is 2.68 bits per heavy atom. The van der Waals surface area contributed by atoms with Crippen molar-refractivity contribution in [2.75, 3.05) is 12.4 Å². The highest BCUT2D eigenvalue weighted by molar-refractivity contribution is 5.99. The first-order valence-electron chi connectivity index (χ1n) is 7.21. The van der Waals surface area contributed by atoms with E-state index in [4.69, 9.17) is 0 Å². The van der Waals surface area contributed by atoms with Crippen LogP contribution >= 0.6 is 0 Å². The fraction of sp³-hybridized carbons (Fsp3) is 0.562. The van der Waals surface area contributed by atoms with E-state index < -0.39 is 0 Å². The number of carbonyl (C=O) groups excluding carboxylic acids is 1. The summed E-state index contributed by atoms with van der Waals surface area (Å²) in [6.45, 7) is 4.27. The van der Waals surface area contributed by atoms with Crippen LogP contribution in [0, 0.1) is 12.8 Å². The minimum absolute atomic E-state index is 0.0445. The molecule has 0 spiro atoms. The van der Waals surface area contributed by atoms with Crippen LogP contribution in [-0.2, 0) is 0 Å². The lowest BCUT2D eigenvalue weighted by molar-refractivity contribution is 0.0911. The number of anilines is 1. The summed E-state index contributed by atoms with van der Waals surface area (Å²) in [7, 11) is 1.86. The lowest BCUT2D eigenvalue weighted by atomic mass is 9.86. The summed E-state index contributed by atoms with van der Waals surface area (Å²) in [6, 6.07) is 6.23. The largest absolute Gasteiger partial charge is 0.387 e. The van der Waals surface area contributed by atoms with Crippen molar-refractivity contribution in [2.45, 2.75) is 45.6 Å². The second-order valence-electron chi connectivity index (χ2n) is 5.64. The first-order chi connectivity index (χ1) is 9.11. The van der Waals surface area contributed by atoms with Crippen LogP contribution in [0.4, 0.5) is 5.69 Å². The maximum Gasteiger partial charge on any atom is 0.253 e. The van der Waals surface area contributed by atoms with Crippen molar-refractivity contribution in [1.82, 2.24) is 5.32 Å². The van der Waals surface area contributed by atoms with Gasteiger partial charge in [0.05, 0.1) is 5.56 Å². The van der Waals surface area contributed by atoms with E-state index in [-0.39, 0.29) is 5.91 Å². The first kappa shape index (κ1) is 13.9. The molecule has 0 saturated heterocycles. The van der Waals surface area contributed by atoms with Gasteiger partial charge in [-0.3, -0.25) is 4.79 Å². The molecule has 2 atom stereocenters. The van der Waals surface area contributed by atoms with Crippen molar-refractivity contribution in [3.8, 4) is 0 Å². The van der Waals surface area contributed by atoms with Crippen molar-refractivity contribution >= 4 is 11.6 Å². The number of benzene rings is 1. The summed E-state index contributed by atoms with van der Waals surface area (Å²) in [6.07, 6.45) is 4.84. The first-order valence-corrected chi connectivity index (χ1v) is 7.21. The van der Waals surface area contributed by atoms with Crippen LogP contribution in [0.25, 0.3) is 0 Å². The average Bonchev–Trinajstić information content (AvgIpc) is 2.41. The Morgan fingerprint density at radius 1 is 1.26 bits per heavy atom. The highest BCUT2D eigenvalue weighted by atomic mass is 16.1. The highest BCUT2D eigenvalue weighted by Gasteiger charge is 2.23. The van der Waals surface area contributed by atoms with Gasteiger partial charge in [0.1, 0.15) is 0 Å². The maximum absolute atomic E-state index is 12.4. The quantitative estimate of drug-likeness (QED) is 0.875. The van der Waals surface area contributed by atoms with E-state index in [0.29, 0.717) is 12.0 Å². The van der Waals surface area contributed by atoms with Crippen molar-refractivity contribution in [2.24, 2.45) is 5.92 Å². The van der Waals surface area contributed by atoms with Crippen molar-refractivity contribution in [1.29, 1.82) is 0 Å². The Bertz CT molecular complexity index is 456. The SMILES string of the molecule is CNc1cc(C)ccc1C(=O)NC1CCCCC1C. The van der Waals surface area contributed by atoms with Gasteiger partial charge >= 0.3 is 0 Å². The smallest absolute Gasteiger partial charge is 0.253 e. The van der Waals surface area contributed by atoms with Crippen LogP contribution in [0.2, 0.25) is 0 Å². The Balaban J connectivity index is 2.11. The lowest BCUT2D eigenvalue weighted by Crippen LogP contribution is -2.41. The molecule has 3 heteroatoms. The van der Waals surface area contributed by atoms with Gasteiger partial charge in [0.2, 0.25) is 0 Å². The number of rotatable bonds is 3. The van der Waals surface area contributed by atoms with E-state index in [1.807, 2.05) is 32.2 Å². The monoisotopic (exact) mass is 260 g/mol. The lowest BCUT2D eigenvalue weighted by Gasteiger charge is -2.29. The number of amides is 1. The molecule has 19 heavy (non-hydrogen) atoms. The highest BCUT2D eigenvalue weighted by Crippen LogP contribution is 2.25. The van der Waals surface area contributed by atoms with Crippen molar-refractivity contribution in [3.05, 3.63) is 29.3 Å². The number of aryl methyl sites for hydroxylation is 1. The zero-order valence-electron chi connectivity index (χ0n) is 12.1. The maximum atomic E-state index is 12.4. The third-order valence-corrected chi connectivity index (χ3v) is 4.12. The van der Waals surface area contributed by atoms with Gasteiger partial charge in [-0.2, -0.15) is 0 Å². The molecular formula is C16H24N2O. The zero-order valence-corrected chi connectivity index (χ0v) is 12.1. The van der Waals surface area contributed by atoms with Gasteiger partial charge in [-0.25, -0.2) is 0 Å². The molecule has 2 unspecified atom stereocenters. The molecule has 0 bridgehead atoms. The molecule has 0 heterocycles. The summed E-state index contributed by atoms with van der Waals surface area (Å²) in [5, 5.41) is 6.31. The molecule has 1 amide bonds. The standard InChI is InChI=1S/C16H24N2O/c1-11-8-9-13(15(10-11)17-3)16(19)18-14-7-5-4-6-12(14)2/h8-10,12,14,17H,4-7H2,1-3H3,(H,18,19). The number of carbonyl (C=O) groups is 1. The van der Waals surface area contributed by atoms with Crippen LogP contribution in [0.3, 0.4) is 0 Å². The zero-order chi connectivity index (χ0) is 13.8. The third-order valence-electron chi connectivity index (χ3n) is 4.12. The van der Waals surface area contributed by atoms with Gasteiger partial charge in [0.15, 0.2) is 0 Å². The van der Waals surface area contributed by atoms with Gasteiger partial charge in [-0.1, -0.05) is 25.8 Å². The molecule has 0 aliphatic heterocycles. The number of hydrogen-bond donors (Lipinski definition) is 2. The summed E-state index contributed by atoms with van der Waals surface area (Å²) >= 11 is 0. The van der Waals surface area contributed by atoms with Crippen LogP contribution in [0.5, 0.6) is 0 Å². The number of hydrogen-bond acceptors (Lipinski definition) is 2. The summed E-state index contributed by atoms with van der Waals surface area (Å²) in [5.74, 6) is 0.629. The van der Waals surface area contributed by atoms with Crippen molar-refractivity contribution < 1.29 is 4.79 Å². The topological polar surface area (TPSA) is 41.1 Å². The van der Waals surface area contributed by atoms with Gasteiger partial charge < -0.3 is 10.6 Å². The average molecular weight is 260 g/mol. The van der Waals surface area contributed by atoms with E-state index in [1.165, 1.54) is 19.3 Å². The molecule has 1 saturated carbocycles. The molecule has 2 rings (SSSR count). The molecule has 3 nitrogen and oxygen atoms in total. The molecule has 1 aliphatic carbocycles. The Hall–Kier alpha value is -1.51. The van der Waals surface area contributed by atoms with Crippen LogP contribution in [0.1, 0.15) is 48.5 Å². The molecule has 104 valence electrons. The molecule has 1 aromatic carbocycles. The van der Waals surface area contributed by atoms with E-state index >= 15 is 0 Å². The fourth-order valence-electron chi connectivity index (χ4n) is 2.84. The van der Waals surface area contributed by atoms with E-state index in [0.717, 1.165) is 23.2 Å². The Morgan fingerprint density at radius 2 is 2.00 bits per heavy atom. The minimum atomic E-state index is 0.0445. The molecule has 1 aromatic rings. The normalized spacial score (nSPS) is 22.9. The molecule has 0 radical (unpaired) electrons. The van der Waals surface area contributed by atoms with E-state index in [9.17, 15) is 4.79 Å². The molecular weight excluding hydrogens is 236 g/mol. The fourth-order valence-corrected chi connectivity index (χ4v) is 2.84. The number of nitrogens with one attached hydrogen (secondary N) is 2. The minimum Gasteiger partial charge on any atom is -0.387 e. The Kier molecular flexibility index (Phi) is 4.46. The second kappa shape index (κ2) is 6.09.